The second-order valence-corrected chi connectivity index (χ2v) is 4.79. The van der Waals surface area contributed by atoms with E-state index in [0.717, 1.165) is 19.4 Å². The zero-order valence-corrected chi connectivity index (χ0v) is 11.5. The summed E-state index contributed by atoms with van der Waals surface area (Å²) in [6, 6.07) is 2.83. The van der Waals surface area contributed by atoms with Gasteiger partial charge in [0, 0.05) is 25.8 Å². The third kappa shape index (κ3) is 3.33. The fourth-order valence-corrected chi connectivity index (χ4v) is 2.34. The van der Waals surface area contributed by atoms with E-state index >= 15 is 0 Å². The molecule has 1 unspecified atom stereocenters. The van der Waals surface area contributed by atoms with E-state index in [1.807, 2.05) is 11.8 Å². The first-order chi connectivity index (χ1) is 9.11. The van der Waals surface area contributed by atoms with Crippen LogP contribution in [0.25, 0.3) is 0 Å². The van der Waals surface area contributed by atoms with Gasteiger partial charge in [0.2, 0.25) is 5.82 Å². The molecule has 1 aromatic heterocycles. The average Bonchev–Trinajstić information content (AvgIpc) is 2.88. The van der Waals surface area contributed by atoms with Crippen LogP contribution in [0.2, 0.25) is 5.15 Å². The number of nitro groups is 1. The molecule has 1 atom stereocenters. The molecule has 1 fully saturated rings. The van der Waals surface area contributed by atoms with Crippen molar-refractivity contribution in [3.63, 3.8) is 0 Å². The molecule has 0 saturated carbocycles. The minimum atomic E-state index is -0.434. The van der Waals surface area contributed by atoms with Crippen LogP contribution in [-0.2, 0) is 4.74 Å². The number of hydrogen-bond acceptors (Lipinski definition) is 5. The minimum absolute atomic E-state index is 0.0238. The quantitative estimate of drug-likeness (QED) is 0.472. The van der Waals surface area contributed by atoms with Crippen molar-refractivity contribution in [2.75, 3.05) is 24.6 Å². The standard InChI is InChI=1S/C12H16ClN3O3/c1-2-15(8-9-4-3-7-19-9)12-10(16(17)18)5-6-11(13)14-12/h5-6,9H,2-4,7-8H2,1H3. The Morgan fingerprint density at radius 2 is 2.42 bits per heavy atom. The van der Waals surface area contributed by atoms with Crippen molar-refractivity contribution < 1.29 is 9.66 Å². The monoisotopic (exact) mass is 285 g/mol. The summed E-state index contributed by atoms with van der Waals surface area (Å²) in [5, 5.41) is 11.3. The Balaban J connectivity index is 2.25. The van der Waals surface area contributed by atoms with Crippen molar-refractivity contribution >= 4 is 23.1 Å². The number of halogens is 1. The number of pyridine rings is 1. The largest absolute Gasteiger partial charge is 0.376 e. The molecule has 0 amide bonds. The summed E-state index contributed by atoms with van der Waals surface area (Å²) < 4.78 is 5.57. The lowest BCUT2D eigenvalue weighted by molar-refractivity contribution is -0.384. The van der Waals surface area contributed by atoms with Crippen molar-refractivity contribution in [2.45, 2.75) is 25.9 Å². The normalized spacial score (nSPS) is 18.5. The minimum Gasteiger partial charge on any atom is -0.376 e. The van der Waals surface area contributed by atoms with Gasteiger partial charge in [-0.2, -0.15) is 0 Å². The molecule has 19 heavy (non-hydrogen) atoms. The van der Waals surface area contributed by atoms with Crippen LogP contribution in [0.3, 0.4) is 0 Å². The topological polar surface area (TPSA) is 68.5 Å². The Labute approximate surface area is 116 Å². The molecule has 0 spiro atoms. The van der Waals surface area contributed by atoms with Crippen LogP contribution < -0.4 is 4.90 Å². The number of hydrogen-bond donors (Lipinski definition) is 0. The van der Waals surface area contributed by atoms with Crippen LogP contribution in [0.15, 0.2) is 12.1 Å². The van der Waals surface area contributed by atoms with Gasteiger partial charge in [-0.3, -0.25) is 10.1 Å². The van der Waals surface area contributed by atoms with Gasteiger partial charge in [-0.25, -0.2) is 4.98 Å². The molecule has 1 saturated heterocycles. The Bertz CT molecular complexity index is 464. The second kappa shape index (κ2) is 6.16. The highest BCUT2D eigenvalue weighted by Crippen LogP contribution is 2.28. The molecule has 1 aliphatic heterocycles. The van der Waals surface area contributed by atoms with Gasteiger partial charge in [0.15, 0.2) is 0 Å². The highest BCUT2D eigenvalue weighted by Gasteiger charge is 2.25. The van der Waals surface area contributed by atoms with Gasteiger partial charge in [0.25, 0.3) is 0 Å². The number of nitrogens with zero attached hydrogens (tertiary/aromatic N) is 3. The summed E-state index contributed by atoms with van der Waals surface area (Å²) in [7, 11) is 0. The molecule has 6 nitrogen and oxygen atoms in total. The zero-order valence-electron chi connectivity index (χ0n) is 10.7. The Morgan fingerprint density at radius 3 is 3.00 bits per heavy atom. The highest BCUT2D eigenvalue weighted by molar-refractivity contribution is 6.29. The van der Waals surface area contributed by atoms with Crippen LogP contribution >= 0.6 is 11.6 Å². The van der Waals surface area contributed by atoms with Gasteiger partial charge in [-0.05, 0) is 25.8 Å². The van der Waals surface area contributed by atoms with E-state index in [0.29, 0.717) is 18.9 Å². The van der Waals surface area contributed by atoms with Crippen molar-refractivity contribution in [1.29, 1.82) is 0 Å². The first-order valence-electron chi connectivity index (χ1n) is 6.29. The summed E-state index contributed by atoms with van der Waals surface area (Å²) in [4.78, 5) is 16.6. The molecule has 0 aromatic carbocycles. The lowest BCUT2D eigenvalue weighted by atomic mass is 10.2. The molecular formula is C12H16ClN3O3. The molecule has 2 heterocycles. The maximum atomic E-state index is 11.1. The van der Waals surface area contributed by atoms with Gasteiger partial charge in [-0.1, -0.05) is 11.6 Å². The molecule has 0 N–H and O–H groups in total. The van der Waals surface area contributed by atoms with E-state index in [9.17, 15) is 10.1 Å². The smallest absolute Gasteiger partial charge is 0.311 e. The third-order valence-electron chi connectivity index (χ3n) is 3.15. The fraction of sp³-hybridized carbons (Fsp3) is 0.583. The molecule has 1 aliphatic rings. The van der Waals surface area contributed by atoms with E-state index < -0.39 is 4.92 Å². The number of aromatic nitrogens is 1. The van der Waals surface area contributed by atoms with E-state index in [4.69, 9.17) is 16.3 Å². The van der Waals surface area contributed by atoms with Crippen molar-refractivity contribution in [1.82, 2.24) is 4.98 Å². The molecule has 0 aliphatic carbocycles. The van der Waals surface area contributed by atoms with Crippen molar-refractivity contribution in [3.8, 4) is 0 Å². The predicted molar refractivity (Wildman–Crippen MR) is 72.8 cm³/mol. The van der Waals surface area contributed by atoms with Gasteiger partial charge in [0.05, 0.1) is 11.0 Å². The molecule has 0 bridgehead atoms. The highest BCUT2D eigenvalue weighted by atomic mass is 35.5. The van der Waals surface area contributed by atoms with Crippen LogP contribution in [0.5, 0.6) is 0 Å². The van der Waals surface area contributed by atoms with Gasteiger partial charge in [-0.15, -0.1) is 0 Å². The summed E-state index contributed by atoms with van der Waals surface area (Å²) in [6.07, 6.45) is 2.12. The van der Waals surface area contributed by atoms with E-state index in [1.54, 1.807) is 0 Å². The van der Waals surface area contributed by atoms with Gasteiger partial charge in [0.1, 0.15) is 5.15 Å². The van der Waals surface area contributed by atoms with Gasteiger partial charge >= 0.3 is 5.69 Å². The molecular weight excluding hydrogens is 270 g/mol. The summed E-state index contributed by atoms with van der Waals surface area (Å²) in [6.45, 7) is 3.91. The summed E-state index contributed by atoms with van der Waals surface area (Å²) >= 11 is 5.85. The fourth-order valence-electron chi connectivity index (χ4n) is 2.19. The average molecular weight is 286 g/mol. The van der Waals surface area contributed by atoms with Crippen LogP contribution in [-0.4, -0.2) is 35.7 Å². The zero-order chi connectivity index (χ0) is 13.8. The van der Waals surface area contributed by atoms with E-state index in [-0.39, 0.29) is 16.9 Å². The number of rotatable bonds is 5. The van der Waals surface area contributed by atoms with E-state index in [2.05, 4.69) is 4.98 Å². The lowest BCUT2D eigenvalue weighted by Crippen LogP contribution is -2.33. The molecule has 1 aromatic rings. The first kappa shape index (κ1) is 14.0. The molecule has 2 rings (SSSR count). The molecule has 0 radical (unpaired) electrons. The summed E-state index contributed by atoms with van der Waals surface area (Å²) in [5.41, 5.74) is -0.0238. The second-order valence-electron chi connectivity index (χ2n) is 4.41. The number of anilines is 1. The molecule has 104 valence electrons. The summed E-state index contributed by atoms with van der Waals surface area (Å²) in [5.74, 6) is 0.315. The SMILES string of the molecule is CCN(CC1CCCO1)c1nc(Cl)ccc1[N+](=O)[O-]. The number of likely N-dealkylation sites (N-methyl/N-ethyl adjacent to an activating group) is 1. The maximum Gasteiger partial charge on any atom is 0.311 e. The third-order valence-corrected chi connectivity index (χ3v) is 3.36. The predicted octanol–water partition coefficient (Wildman–Crippen LogP) is 2.65. The lowest BCUT2D eigenvalue weighted by Gasteiger charge is -2.24. The Morgan fingerprint density at radius 1 is 1.63 bits per heavy atom. The Hall–Kier alpha value is -1.40. The van der Waals surface area contributed by atoms with Crippen LogP contribution in [0, 0.1) is 10.1 Å². The van der Waals surface area contributed by atoms with Gasteiger partial charge < -0.3 is 9.64 Å². The maximum absolute atomic E-state index is 11.1. The van der Waals surface area contributed by atoms with E-state index in [1.165, 1.54) is 12.1 Å². The van der Waals surface area contributed by atoms with Crippen molar-refractivity contribution in [2.24, 2.45) is 0 Å². The molecule has 7 heteroatoms. The van der Waals surface area contributed by atoms with Crippen LogP contribution in [0.1, 0.15) is 19.8 Å². The van der Waals surface area contributed by atoms with Crippen LogP contribution in [0.4, 0.5) is 11.5 Å². The first-order valence-corrected chi connectivity index (χ1v) is 6.67. The number of ether oxygens (including phenoxy) is 1. The van der Waals surface area contributed by atoms with Crippen molar-refractivity contribution in [3.05, 3.63) is 27.4 Å². The Kier molecular flexibility index (Phi) is 4.55.